The molecule has 4 aliphatic rings. The first-order valence-electron chi connectivity index (χ1n) is 14.4. The molecule has 9 nitrogen and oxygen atoms in total. The SMILES string of the molecule is CCOC(=O)C1=CC(=C2CCC(=O)C(c3ccc4c(c3)=CCN=4)C2)c2c(OC)c3c(c(CO)c2O1)OC(C(C)(C)O)C3. The smallest absolute Gasteiger partial charge is 0.374 e. The molecule has 1 fully saturated rings. The van der Waals surface area contributed by atoms with E-state index in [1.165, 1.54) is 0 Å². The molecule has 0 radical (unpaired) electrons. The Morgan fingerprint density at radius 1 is 1.19 bits per heavy atom. The Morgan fingerprint density at radius 2 is 2.00 bits per heavy atom. The van der Waals surface area contributed by atoms with Crippen molar-refractivity contribution in [3.8, 4) is 17.2 Å². The van der Waals surface area contributed by atoms with Gasteiger partial charge in [0, 0.05) is 24.3 Å². The first kappa shape index (κ1) is 28.2. The van der Waals surface area contributed by atoms with Gasteiger partial charge in [-0.15, -0.1) is 0 Å². The van der Waals surface area contributed by atoms with E-state index in [4.69, 9.17) is 18.9 Å². The van der Waals surface area contributed by atoms with Gasteiger partial charge in [0.1, 0.15) is 29.1 Å². The Hall–Kier alpha value is -3.95. The van der Waals surface area contributed by atoms with Gasteiger partial charge >= 0.3 is 5.97 Å². The highest BCUT2D eigenvalue weighted by molar-refractivity contribution is 5.98. The number of hydrogen-bond donors (Lipinski definition) is 2. The number of carbonyl (C=O) groups is 2. The van der Waals surface area contributed by atoms with E-state index in [1.807, 2.05) is 18.2 Å². The molecule has 220 valence electrons. The van der Waals surface area contributed by atoms with Gasteiger partial charge in [-0.25, -0.2) is 4.79 Å². The minimum Gasteiger partial charge on any atom is -0.496 e. The van der Waals surface area contributed by atoms with Crippen molar-refractivity contribution >= 4 is 23.4 Å². The number of fused-ring (bicyclic) bond motifs is 3. The van der Waals surface area contributed by atoms with Crippen molar-refractivity contribution in [1.29, 1.82) is 0 Å². The number of methoxy groups -OCH3 is 1. The molecule has 42 heavy (non-hydrogen) atoms. The van der Waals surface area contributed by atoms with Crippen LogP contribution in [0, 0.1) is 0 Å². The van der Waals surface area contributed by atoms with Crippen LogP contribution in [0.1, 0.15) is 68.2 Å². The molecule has 2 N–H and O–H groups in total. The van der Waals surface area contributed by atoms with E-state index in [1.54, 1.807) is 34.0 Å². The van der Waals surface area contributed by atoms with Gasteiger partial charge in [0.2, 0.25) is 5.76 Å². The summed E-state index contributed by atoms with van der Waals surface area (Å²) in [4.78, 5) is 30.7. The Kier molecular flexibility index (Phi) is 7.19. The molecule has 1 aliphatic carbocycles. The largest absolute Gasteiger partial charge is 0.496 e. The summed E-state index contributed by atoms with van der Waals surface area (Å²) in [5, 5.41) is 23.3. The van der Waals surface area contributed by atoms with Crippen LogP contribution < -0.4 is 24.8 Å². The van der Waals surface area contributed by atoms with E-state index >= 15 is 0 Å². The lowest BCUT2D eigenvalue weighted by molar-refractivity contribution is -0.141. The molecular formula is C33H35NO8. The van der Waals surface area contributed by atoms with Crippen LogP contribution in [0.15, 0.2) is 40.6 Å². The van der Waals surface area contributed by atoms with Gasteiger partial charge in [0.05, 0.1) is 49.0 Å². The monoisotopic (exact) mass is 573 g/mol. The molecule has 6 rings (SSSR count). The number of aliphatic hydroxyl groups excluding tert-OH is 1. The van der Waals surface area contributed by atoms with Crippen LogP contribution in [0.5, 0.6) is 17.2 Å². The average Bonchev–Trinajstić information content (AvgIpc) is 3.63. The number of carbonyl (C=O) groups excluding carboxylic acids is 2. The average molecular weight is 574 g/mol. The number of allylic oxidation sites excluding steroid dienone is 3. The fraction of sp³-hybridized carbons (Fsp3) is 0.424. The quantitative estimate of drug-likeness (QED) is 0.506. The Bertz CT molecular complexity index is 1680. The predicted octanol–water partition coefficient (Wildman–Crippen LogP) is 2.81. The maximum absolute atomic E-state index is 13.3. The van der Waals surface area contributed by atoms with Crippen LogP contribution >= 0.6 is 0 Å². The van der Waals surface area contributed by atoms with Crippen molar-refractivity contribution in [2.75, 3.05) is 20.3 Å². The number of nitrogens with zero attached hydrogens (tertiary/aromatic N) is 1. The Balaban J connectivity index is 1.54. The van der Waals surface area contributed by atoms with Gasteiger partial charge in [-0.1, -0.05) is 17.7 Å². The lowest BCUT2D eigenvalue weighted by Crippen LogP contribution is -2.39. The van der Waals surface area contributed by atoms with Gasteiger partial charge in [-0.3, -0.25) is 9.79 Å². The highest BCUT2D eigenvalue weighted by atomic mass is 16.6. The number of Topliss-reactive ketones (excluding diaryl/α,β-unsaturated/α-hetero) is 1. The van der Waals surface area contributed by atoms with E-state index in [0.29, 0.717) is 66.0 Å². The number of esters is 1. The zero-order valence-electron chi connectivity index (χ0n) is 24.3. The topological polar surface area (TPSA) is 124 Å². The highest BCUT2D eigenvalue weighted by Crippen LogP contribution is 2.54. The molecule has 0 saturated heterocycles. The number of hydrogen-bond acceptors (Lipinski definition) is 9. The van der Waals surface area contributed by atoms with Crippen LogP contribution in [-0.2, 0) is 27.4 Å². The number of ether oxygens (including phenoxy) is 4. The van der Waals surface area contributed by atoms with Gasteiger partial charge in [0.15, 0.2) is 0 Å². The standard InChI is InChI=1S/C33H35NO8/c1-5-40-32(37)26-14-21(18-7-9-25(36)20(13-18)17-6-8-24-19(12-17)10-11-34-24)28-30(39-4)22-15-27(33(2,3)38)42-29(22)23(16-35)31(28)41-26/h6,8,10,12,14,20,27,35,38H,5,7,9,11,13,15-16H2,1-4H3. The zero-order chi connectivity index (χ0) is 29.8. The minimum absolute atomic E-state index is 0.0252. The van der Waals surface area contributed by atoms with E-state index in [9.17, 15) is 19.8 Å². The van der Waals surface area contributed by atoms with Crippen molar-refractivity contribution in [2.24, 2.45) is 4.99 Å². The number of rotatable bonds is 6. The minimum atomic E-state index is -1.16. The molecule has 2 aromatic carbocycles. The van der Waals surface area contributed by atoms with Crippen LogP contribution in [0.25, 0.3) is 11.6 Å². The Morgan fingerprint density at radius 3 is 2.71 bits per heavy atom. The zero-order valence-corrected chi connectivity index (χ0v) is 24.3. The summed E-state index contributed by atoms with van der Waals surface area (Å²) in [6.07, 6.45) is 4.80. The molecular weight excluding hydrogens is 538 g/mol. The number of aliphatic hydroxyl groups is 2. The van der Waals surface area contributed by atoms with E-state index < -0.39 is 24.3 Å². The van der Waals surface area contributed by atoms with Crippen LogP contribution in [-0.4, -0.2) is 53.9 Å². The van der Waals surface area contributed by atoms with Gasteiger partial charge in [-0.2, -0.15) is 0 Å². The summed E-state index contributed by atoms with van der Waals surface area (Å²) < 4.78 is 23.6. The third-order valence-corrected chi connectivity index (χ3v) is 8.50. The molecule has 0 amide bonds. The molecule has 3 heterocycles. The first-order valence-corrected chi connectivity index (χ1v) is 14.4. The van der Waals surface area contributed by atoms with Crippen molar-refractivity contribution in [1.82, 2.24) is 0 Å². The summed E-state index contributed by atoms with van der Waals surface area (Å²) in [6, 6.07) is 5.98. The third-order valence-electron chi connectivity index (χ3n) is 8.50. The van der Waals surface area contributed by atoms with Crippen molar-refractivity contribution in [2.45, 2.75) is 70.7 Å². The first-order chi connectivity index (χ1) is 20.1. The summed E-state index contributed by atoms with van der Waals surface area (Å²) in [7, 11) is 1.55. The van der Waals surface area contributed by atoms with Crippen LogP contribution in [0.3, 0.4) is 0 Å². The normalized spacial score (nSPS) is 22.5. The lowest BCUT2D eigenvalue weighted by Gasteiger charge is -2.30. The van der Waals surface area contributed by atoms with Crippen molar-refractivity contribution in [3.05, 3.63) is 68.4 Å². The van der Waals surface area contributed by atoms with E-state index in [0.717, 1.165) is 21.7 Å². The van der Waals surface area contributed by atoms with E-state index in [2.05, 4.69) is 11.1 Å². The summed E-state index contributed by atoms with van der Waals surface area (Å²) in [6.45, 7) is 5.43. The summed E-state index contributed by atoms with van der Waals surface area (Å²) in [5.41, 5.74) is 3.12. The summed E-state index contributed by atoms with van der Waals surface area (Å²) >= 11 is 0. The molecule has 2 aromatic rings. The molecule has 0 spiro atoms. The molecule has 0 bridgehead atoms. The molecule has 3 aliphatic heterocycles. The van der Waals surface area contributed by atoms with Gasteiger partial charge in [0.25, 0.3) is 0 Å². The Labute approximate surface area is 243 Å². The maximum atomic E-state index is 13.3. The molecule has 2 unspecified atom stereocenters. The predicted molar refractivity (Wildman–Crippen MR) is 154 cm³/mol. The second-order valence-electron chi connectivity index (χ2n) is 11.6. The number of benzene rings is 2. The highest BCUT2D eigenvalue weighted by Gasteiger charge is 2.43. The van der Waals surface area contributed by atoms with E-state index in [-0.39, 0.29) is 29.8 Å². The second kappa shape index (κ2) is 10.7. The number of ketones is 1. The van der Waals surface area contributed by atoms with Gasteiger partial charge < -0.3 is 29.2 Å². The maximum Gasteiger partial charge on any atom is 0.374 e. The molecule has 2 atom stereocenters. The van der Waals surface area contributed by atoms with Crippen LogP contribution in [0.4, 0.5) is 0 Å². The fourth-order valence-electron chi connectivity index (χ4n) is 6.33. The summed E-state index contributed by atoms with van der Waals surface area (Å²) in [5.74, 6) is 0.268. The van der Waals surface area contributed by atoms with Crippen molar-refractivity contribution < 1.29 is 38.7 Å². The molecule has 0 aromatic heterocycles. The molecule has 1 saturated carbocycles. The lowest BCUT2D eigenvalue weighted by atomic mass is 9.76. The van der Waals surface area contributed by atoms with Crippen LogP contribution in [0.2, 0.25) is 0 Å². The second-order valence-corrected chi connectivity index (χ2v) is 11.6. The fourth-order valence-corrected chi connectivity index (χ4v) is 6.33. The third kappa shape index (κ3) is 4.70. The molecule has 9 heteroatoms. The van der Waals surface area contributed by atoms with Crippen molar-refractivity contribution in [3.63, 3.8) is 0 Å². The van der Waals surface area contributed by atoms with Gasteiger partial charge in [-0.05, 0) is 68.2 Å².